The van der Waals surface area contributed by atoms with Crippen LogP contribution in [-0.2, 0) is 10.5 Å². The number of aromatic nitrogens is 2. The molecule has 2 heterocycles. The molecule has 8 heteroatoms. The molecule has 1 aliphatic heterocycles. The normalized spacial score (nSPS) is 17.3. The molecule has 0 bridgehead atoms. The second-order valence-electron chi connectivity index (χ2n) is 6.35. The third-order valence-corrected chi connectivity index (χ3v) is 7.48. The summed E-state index contributed by atoms with van der Waals surface area (Å²) in [5, 5.41) is 8.44. The second-order valence-corrected chi connectivity index (χ2v) is 9.77. The van der Waals surface area contributed by atoms with Crippen molar-refractivity contribution in [3.8, 4) is 5.75 Å². The summed E-state index contributed by atoms with van der Waals surface area (Å²) < 4.78 is 6.96. The Morgan fingerprint density at radius 1 is 1.27 bits per heavy atom. The first-order valence-corrected chi connectivity index (χ1v) is 11.4. The number of carbonyl (C=O) groups excluding carboxylic acids is 1. The third-order valence-electron chi connectivity index (χ3n) is 4.24. The van der Waals surface area contributed by atoms with E-state index in [1.807, 2.05) is 17.0 Å². The Kier molecular flexibility index (Phi) is 7.22. The highest BCUT2D eigenvalue weighted by molar-refractivity contribution is 8.03. The maximum atomic E-state index is 12.3. The molecule has 0 radical (unpaired) electrons. The smallest absolute Gasteiger partial charge is 0.233 e. The van der Waals surface area contributed by atoms with Gasteiger partial charge in [0, 0.05) is 18.8 Å². The van der Waals surface area contributed by atoms with Gasteiger partial charge in [-0.3, -0.25) is 4.79 Å². The number of ether oxygens (including phenoxy) is 1. The molecule has 5 nitrogen and oxygen atoms in total. The van der Waals surface area contributed by atoms with Crippen LogP contribution in [0.5, 0.6) is 5.75 Å². The van der Waals surface area contributed by atoms with E-state index < -0.39 is 0 Å². The molecule has 1 saturated heterocycles. The summed E-state index contributed by atoms with van der Waals surface area (Å²) in [7, 11) is 1.67. The van der Waals surface area contributed by atoms with Crippen LogP contribution in [0.25, 0.3) is 0 Å². The number of hydrogen-bond acceptors (Lipinski definition) is 7. The summed E-state index contributed by atoms with van der Waals surface area (Å²) in [6, 6.07) is 8.04. The average Bonchev–Trinajstić information content (AvgIpc) is 3.13. The summed E-state index contributed by atoms with van der Waals surface area (Å²) >= 11 is 4.72. The van der Waals surface area contributed by atoms with Gasteiger partial charge in [-0.15, -0.1) is 10.2 Å². The van der Waals surface area contributed by atoms with Crippen LogP contribution < -0.4 is 4.74 Å². The van der Waals surface area contributed by atoms with Crippen molar-refractivity contribution in [1.82, 2.24) is 15.1 Å². The fourth-order valence-electron chi connectivity index (χ4n) is 2.81. The van der Waals surface area contributed by atoms with Gasteiger partial charge in [-0.1, -0.05) is 53.9 Å². The molecule has 0 unspecified atom stereocenters. The first-order valence-electron chi connectivity index (χ1n) is 8.64. The zero-order valence-electron chi connectivity index (χ0n) is 15.0. The van der Waals surface area contributed by atoms with Crippen molar-refractivity contribution in [3.05, 3.63) is 29.8 Å². The van der Waals surface area contributed by atoms with E-state index in [1.165, 1.54) is 23.7 Å². The lowest BCUT2D eigenvalue weighted by molar-refractivity contribution is -0.130. The zero-order valence-corrected chi connectivity index (χ0v) is 17.5. The van der Waals surface area contributed by atoms with E-state index in [4.69, 9.17) is 4.74 Å². The molecule has 140 valence electrons. The highest BCUT2D eigenvalue weighted by atomic mass is 32.2. The van der Waals surface area contributed by atoms with E-state index in [0.717, 1.165) is 39.7 Å². The number of nitrogens with zero attached hydrogens (tertiary/aromatic N) is 3. The fraction of sp³-hybridized carbons (Fsp3) is 0.500. The number of thioether (sulfide) groups is 2. The van der Waals surface area contributed by atoms with Crippen LogP contribution in [0, 0.1) is 5.92 Å². The number of amides is 1. The minimum atomic E-state index is 0.212. The van der Waals surface area contributed by atoms with E-state index in [1.54, 1.807) is 30.2 Å². The molecular formula is C18H23N3O2S3. The number of benzene rings is 1. The number of hydrogen-bond donors (Lipinski definition) is 0. The summed E-state index contributed by atoms with van der Waals surface area (Å²) in [6.07, 6.45) is 2.34. The molecule has 1 amide bonds. The van der Waals surface area contributed by atoms with Crippen molar-refractivity contribution in [2.24, 2.45) is 5.92 Å². The van der Waals surface area contributed by atoms with Gasteiger partial charge < -0.3 is 9.64 Å². The van der Waals surface area contributed by atoms with E-state index in [9.17, 15) is 4.79 Å². The lowest BCUT2D eigenvalue weighted by Crippen LogP contribution is -2.40. The Morgan fingerprint density at radius 2 is 2.00 bits per heavy atom. The number of piperidine rings is 1. The zero-order chi connectivity index (χ0) is 18.4. The summed E-state index contributed by atoms with van der Waals surface area (Å²) in [6.45, 7) is 3.99. The molecule has 0 aliphatic carbocycles. The predicted octanol–water partition coefficient (Wildman–Crippen LogP) is 4.19. The lowest BCUT2D eigenvalue weighted by atomic mass is 10.0. The van der Waals surface area contributed by atoms with Gasteiger partial charge in [0.2, 0.25) is 5.91 Å². The van der Waals surface area contributed by atoms with Gasteiger partial charge in [-0.2, -0.15) is 0 Å². The van der Waals surface area contributed by atoms with E-state index in [0.29, 0.717) is 11.7 Å². The monoisotopic (exact) mass is 409 g/mol. The molecule has 1 fully saturated rings. The molecule has 1 aromatic carbocycles. The van der Waals surface area contributed by atoms with Crippen molar-refractivity contribution in [1.29, 1.82) is 0 Å². The maximum absolute atomic E-state index is 12.3. The highest BCUT2D eigenvalue weighted by Gasteiger charge is 2.21. The van der Waals surface area contributed by atoms with E-state index in [2.05, 4.69) is 29.3 Å². The molecule has 1 aliphatic rings. The van der Waals surface area contributed by atoms with Crippen LogP contribution in [0.3, 0.4) is 0 Å². The molecule has 0 saturated carbocycles. The van der Waals surface area contributed by atoms with Gasteiger partial charge in [0.15, 0.2) is 8.68 Å². The van der Waals surface area contributed by atoms with Crippen LogP contribution >= 0.6 is 34.9 Å². The SMILES string of the molecule is COc1ccc(CSc2nnc(SCC(=O)N3CCC[C@H](C)C3)s2)cc1. The second kappa shape index (κ2) is 9.62. The van der Waals surface area contributed by atoms with Gasteiger partial charge in [0.05, 0.1) is 12.9 Å². The molecule has 26 heavy (non-hydrogen) atoms. The molecule has 1 aromatic heterocycles. The van der Waals surface area contributed by atoms with Gasteiger partial charge >= 0.3 is 0 Å². The average molecular weight is 410 g/mol. The fourth-order valence-corrected chi connectivity index (χ4v) is 5.69. The van der Waals surface area contributed by atoms with Gasteiger partial charge in [0.1, 0.15) is 5.75 Å². The molecule has 1 atom stereocenters. The highest BCUT2D eigenvalue weighted by Crippen LogP contribution is 2.31. The van der Waals surface area contributed by atoms with Crippen molar-refractivity contribution < 1.29 is 9.53 Å². The Labute approximate surface area is 166 Å². The number of methoxy groups -OCH3 is 1. The Morgan fingerprint density at radius 3 is 2.69 bits per heavy atom. The Bertz CT molecular complexity index is 721. The third kappa shape index (κ3) is 5.62. The number of carbonyl (C=O) groups is 1. The first kappa shape index (κ1) is 19.5. The Hall–Kier alpha value is -1.25. The van der Waals surface area contributed by atoms with Crippen LogP contribution in [-0.4, -0.2) is 47.0 Å². The topological polar surface area (TPSA) is 55.3 Å². The molecule has 3 rings (SSSR count). The molecule has 2 aromatic rings. The van der Waals surface area contributed by atoms with Crippen molar-refractivity contribution >= 4 is 40.8 Å². The molecular weight excluding hydrogens is 386 g/mol. The van der Waals surface area contributed by atoms with Crippen LogP contribution in [0.2, 0.25) is 0 Å². The molecule has 0 spiro atoms. The number of likely N-dealkylation sites (tertiary alicyclic amines) is 1. The summed E-state index contributed by atoms with van der Waals surface area (Å²) in [4.78, 5) is 14.3. The van der Waals surface area contributed by atoms with Gasteiger partial charge in [0.25, 0.3) is 0 Å². The van der Waals surface area contributed by atoms with Crippen molar-refractivity contribution in [2.75, 3.05) is 26.0 Å². The largest absolute Gasteiger partial charge is 0.497 e. The van der Waals surface area contributed by atoms with Crippen LogP contribution in [0.4, 0.5) is 0 Å². The summed E-state index contributed by atoms with van der Waals surface area (Å²) in [5.41, 5.74) is 1.22. The van der Waals surface area contributed by atoms with Crippen LogP contribution in [0.15, 0.2) is 32.9 Å². The Balaban J connectivity index is 1.44. The van der Waals surface area contributed by atoms with Crippen molar-refractivity contribution in [3.63, 3.8) is 0 Å². The van der Waals surface area contributed by atoms with Crippen LogP contribution in [0.1, 0.15) is 25.3 Å². The number of rotatable bonds is 7. The summed E-state index contributed by atoms with van der Waals surface area (Å²) in [5.74, 6) is 2.98. The van der Waals surface area contributed by atoms with E-state index >= 15 is 0 Å². The van der Waals surface area contributed by atoms with Gasteiger partial charge in [-0.25, -0.2) is 0 Å². The molecule has 0 N–H and O–H groups in total. The quantitative estimate of drug-likeness (QED) is 0.639. The first-order chi connectivity index (χ1) is 12.6. The maximum Gasteiger partial charge on any atom is 0.233 e. The van der Waals surface area contributed by atoms with E-state index in [-0.39, 0.29) is 5.91 Å². The van der Waals surface area contributed by atoms with Gasteiger partial charge in [-0.05, 0) is 36.5 Å². The standard InChI is InChI=1S/C18H23N3O2S3/c1-13-4-3-9-21(10-13)16(22)12-25-18-20-19-17(26-18)24-11-14-5-7-15(23-2)8-6-14/h5-8,13H,3-4,9-12H2,1-2H3/t13-/m0/s1. The predicted molar refractivity (Wildman–Crippen MR) is 108 cm³/mol. The van der Waals surface area contributed by atoms with Crippen molar-refractivity contribution in [2.45, 2.75) is 34.2 Å². The lowest BCUT2D eigenvalue weighted by Gasteiger charge is -2.30. The minimum Gasteiger partial charge on any atom is -0.497 e. The minimum absolute atomic E-state index is 0.212.